The first kappa shape index (κ1) is 10.6. The molecule has 0 unspecified atom stereocenters. The van der Waals surface area contributed by atoms with E-state index in [9.17, 15) is 0 Å². The van der Waals surface area contributed by atoms with Gasteiger partial charge in [-0.25, -0.2) is 0 Å². The van der Waals surface area contributed by atoms with Crippen LogP contribution in [0.2, 0.25) is 0 Å². The van der Waals surface area contributed by atoms with Gasteiger partial charge in [0, 0.05) is 18.7 Å². The molecule has 84 valence electrons. The SMILES string of the molecule is COc1cccc(-c2nncn2CCN)c1. The van der Waals surface area contributed by atoms with Gasteiger partial charge in [0.25, 0.3) is 0 Å². The Hall–Kier alpha value is -1.88. The number of hydrogen-bond acceptors (Lipinski definition) is 4. The fourth-order valence-electron chi connectivity index (χ4n) is 1.54. The van der Waals surface area contributed by atoms with Gasteiger partial charge in [-0.05, 0) is 12.1 Å². The molecular formula is C11H14N4O. The molecule has 0 radical (unpaired) electrons. The van der Waals surface area contributed by atoms with E-state index < -0.39 is 0 Å². The lowest BCUT2D eigenvalue weighted by atomic mass is 10.2. The van der Waals surface area contributed by atoms with Gasteiger partial charge in [0.05, 0.1) is 7.11 Å². The van der Waals surface area contributed by atoms with Crippen LogP contribution in [0.25, 0.3) is 11.4 Å². The van der Waals surface area contributed by atoms with Crippen molar-refractivity contribution in [2.75, 3.05) is 13.7 Å². The highest BCUT2D eigenvalue weighted by Crippen LogP contribution is 2.21. The third-order valence-electron chi connectivity index (χ3n) is 2.31. The van der Waals surface area contributed by atoms with Gasteiger partial charge in [0.15, 0.2) is 5.82 Å². The molecule has 5 heteroatoms. The maximum absolute atomic E-state index is 5.52. The molecule has 0 saturated heterocycles. The second-order valence-electron chi connectivity index (χ2n) is 3.37. The molecular weight excluding hydrogens is 204 g/mol. The zero-order valence-electron chi connectivity index (χ0n) is 9.13. The van der Waals surface area contributed by atoms with E-state index in [-0.39, 0.29) is 0 Å². The highest BCUT2D eigenvalue weighted by molar-refractivity contribution is 5.57. The topological polar surface area (TPSA) is 66.0 Å². The van der Waals surface area contributed by atoms with E-state index in [1.165, 1.54) is 0 Å². The lowest BCUT2D eigenvalue weighted by molar-refractivity contribution is 0.415. The summed E-state index contributed by atoms with van der Waals surface area (Å²) in [6.07, 6.45) is 1.68. The Morgan fingerprint density at radius 1 is 1.44 bits per heavy atom. The molecule has 0 aliphatic rings. The minimum Gasteiger partial charge on any atom is -0.497 e. The van der Waals surface area contributed by atoms with Gasteiger partial charge < -0.3 is 15.0 Å². The van der Waals surface area contributed by atoms with Gasteiger partial charge in [0.2, 0.25) is 0 Å². The van der Waals surface area contributed by atoms with E-state index >= 15 is 0 Å². The Labute approximate surface area is 93.9 Å². The van der Waals surface area contributed by atoms with Crippen LogP contribution < -0.4 is 10.5 Å². The van der Waals surface area contributed by atoms with Crippen molar-refractivity contribution in [3.8, 4) is 17.1 Å². The second kappa shape index (κ2) is 4.76. The quantitative estimate of drug-likeness (QED) is 0.828. The van der Waals surface area contributed by atoms with E-state index in [0.29, 0.717) is 13.1 Å². The molecule has 0 saturated carbocycles. The molecule has 1 aromatic heterocycles. The molecule has 0 atom stereocenters. The van der Waals surface area contributed by atoms with E-state index in [0.717, 1.165) is 17.1 Å². The zero-order chi connectivity index (χ0) is 11.4. The van der Waals surface area contributed by atoms with Gasteiger partial charge in [-0.1, -0.05) is 12.1 Å². The molecule has 16 heavy (non-hydrogen) atoms. The monoisotopic (exact) mass is 218 g/mol. The molecule has 2 aromatic rings. The van der Waals surface area contributed by atoms with Crippen molar-refractivity contribution in [3.63, 3.8) is 0 Å². The number of nitrogens with two attached hydrogens (primary N) is 1. The van der Waals surface area contributed by atoms with Crippen molar-refractivity contribution in [2.45, 2.75) is 6.54 Å². The first-order valence-corrected chi connectivity index (χ1v) is 5.07. The molecule has 5 nitrogen and oxygen atoms in total. The van der Waals surface area contributed by atoms with Gasteiger partial charge in [-0.15, -0.1) is 10.2 Å². The summed E-state index contributed by atoms with van der Waals surface area (Å²) in [5.74, 6) is 1.61. The van der Waals surface area contributed by atoms with E-state index in [4.69, 9.17) is 10.5 Å². The third-order valence-corrected chi connectivity index (χ3v) is 2.31. The van der Waals surface area contributed by atoms with Crippen LogP contribution >= 0.6 is 0 Å². The van der Waals surface area contributed by atoms with Crippen LogP contribution in [-0.2, 0) is 6.54 Å². The number of hydrogen-bond donors (Lipinski definition) is 1. The summed E-state index contributed by atoms with van der Waals surface area (Å²) in [6.45, 7) is 1.27. The standard InChI is InChI=1S/C11H14N4O/c1-16-10-4-2-3-9(7-10)11-14-13-8-15(11)6-5-12/h2-4,7-8H,5-6,12H2,1H3. The normalized spacial score (nSPS) is 10.4. The summed E-state index contributed by atoms with van der Waals surface area (Å²) < 4.78 is 7.10. The molecule has 2 rings (SSSR count). The van der Waals surface area contributed by atoms with Crippen LogP contribution in [0.1, 0.15) is 0 Å². The van der Waals surface area contributed by atoms with Crippen LogP contribution in [0.3, 0.4) is 0 Å². The fraction of sp³-hybridized carbons (Fsp3) is 0.273. The van der Waals surface area contributed by atoms with Gasteiger partial charge in [-0.3, -0.25) is 0 Å². The highest BCUT2D eigenvalue weighted by Gasteiger charge is 2.07. The van der Waals surface area contributed by atoms with Crippen LogP contribution in [0.5, 0.6) is 5.75 Å². The molecule has 0 amide bonds. The summed E-state index contributed by atoms with van der Waals surface area (Å²) in [7, 11) is 1.64. The molecule has 1 aromatic carbocycles. The van der Waals surface area contributed by atoms with Crippen LogP contribution in [-0.4, -0.2) is 28.4 Å². The second-order valence-corrected chi connectivity index (χ2v) is 3.37. The maximum atomic E-state index is 5.52. The van der Waals surface area contributed by atoms with Crippen molar-refractivity contribution in [1.82, 2.24) is 14.8 Å². The summed E-state index contributed by atoms with van der Waals surface area (Å²) in [4.78, 5) is 0. The highest BCUT2D eigenvalue weighted by atomic mass is 16.5. The number of methoxy groups -OCH3 is 1. The van der Waals surface area contributed by atoms with Crippen LogP contribution in [0.4, 0.5) is 0 Å². The predicted molar refractivity (Wildman–Crippen MR) is 61.1 cm³/mol. The van der Waals surface area contributed by atoms with Crippen molar-refractivity contribution < 1.29 is 4.74 Å². The fourth-order valence-corrected chi connectivity index (χ4v) is 1.54. The number of ether oxygens (including phenoxy) is 1. The Kier molecular flexibility index (Phi) is 3.16. The van der Waals surface area contributed by atoms with Gasteiger partial charge >= 0.3 is 0 Å². The average molecular weight is 218 g/mol. The van der Waals surface area contributed by atoms with Gasteiger partial charge in [-0.2, -0.15) is 0 Å². The Morgan fingerprint density at radius 3 is 3.06 bits per heavy atom. The third kappa shape index (κ3) is 2.04. The minimum absolute atomic E-state index is 0.564. The molecule has 0 spiro atoms. The van der Waals surface area contributed by atoms with Crippen LogP contribution in [0.15, 0.2) is 30.6 Å². The Morgan fingerprint density at radius 2 is 2.31 bits per heavy atom. The summed E-state index contributed by atoms with van der Waals surface area (Å²) >= 11 is 0. The van der Waals surface area contributed by atoms with Gasteiger partial charge in [0.1, 0.15) is 12.1 Å². The molecule has 0 aliphatic heterocycles. The Bertz CT molecular complexity index is 467. The maximum Gasteiger partial charge on any atom is 0.163 e. The van der Waals surface area contributed by atoms with Crippen molar-refractivity contribution in [1.29, 1.82) is 0 Å². The molecule has 1 heterocycles. The molecule has 0 bridgehead atoms. The predicted octanol–water partition coefficient (Wildman–Crippen LogP) is 0.912. The number of aromatic nitrogens is 3. The lowest BCUT2D eigenvalue weighted by Gasteiger charge is -2.06. The molecule has 2 N–H and O–H groups in total. The van der Waals surface area contributed by atoms with E-state index in [2.05, 4.69) is 10.2 Å². The number of rotatable bonds is 4. The lowest BCUT2D eigenvalue weighted by Crippen LogP contribution is -2.10. The summed E-state index contributed by atoms with van der Waals surface area (Å²) in [5, 5.41) is 7.97. The number of benzene rings is 1. The van der Waals surface area contributed by atoms with E-state index in [1.807, 2.05) is 28.8 Å². The average Bonchev–Trinajstić information content (AvgIpc) is 2.78. The summed E-state index contributed by atoms with van der Waals surface area (Å²) in [5.41, 5.74) is 6.50. The molecule has 0 aliphatic carbocycles. The zero-order valence-corrected chi connectivity index (χ0v) is 9.13. The Balaban J connectivity index is 2.37. The molecule has 0 fully saturated rings. The number of nitrogens with zero attached hydrogens (tertiary/aromatic N) is 3. The first-order valence-electron chi connectivity index (χ1n) is 5.07. The van der Waals surface area contributed by atoms with Crippen molar-refractivity contribution >= 4 is 0 Å². The van der Waals surface area contributed by atoms with Crippen molar-refractivity contribution in [2.24, 2.45) is 5.73 Å². The summed E-state index contributed by atoms with van der Waals surface area (Å²) in [6, 6.07) is 7.72. The van der Waals surface area contributed by atoms with Crippen LogP contribution in [0, 0.1) is 0 Å². The smallest absolute Gasteiger partial charge is 0.163 e. The van der Waals surface area contributed by atoms with E-state index in [1.54, 1.807) is 13.4 Å². The van der Waals surface area contributed by atoms with Crippen molar-refractivity contribution in [3.05, 3.63) is 30.6 Å². The minimum atomic E-state index is 0.564. The largest absolute Gasteiger partial charge is 0.497 e. The first-order chi connectivity index (χ1) is 7.85.